The smallest absolute Gasteiger partial charge is 0.330 e. The summed E-state index contributed by atoms with van der Waals surface area (Å²) < 4.78 is 20.3. The molecule has 2 bridgehead atoms. The van der Waals surface area contributed by atoms with Gasteiger partial charge in [0.2, 0.25) is 0 Å². The number of esters is 1. The van der Waals surface area contributed by atoms with E-state index >= 15 is 0 Å². The number of ketones is 2. The van der Waals surface area contributed by atoms with E-state index in [4.69, 9.17) is 14.2 Å². The molecule has 2 saturated heterocycles. The highest BCUT2D eigenvalue weighted by atomic mass is 16.7. The summed E-state index contributed by atoms with van der Waals surface area (Å²) in [5.41, 5.74) is -2.18. The fourth-order valence-corrected chi connectivity index (χ4v) is 9.37. The first-order valence-corrected chi connectivity index (χ1v) is 21.7. The molecule has 0 aliphatic carbocycles. The summed E-state index contributed by atoms with van der Waals surface area (Å²) in [6.45, 7) is 19.2. The Balaban J connectivity index is 2.02. The largest absolute Gasteiger partial charge is 0.458 e. The minimum Gasteiger partial charge on any atom is -0.458 e. The minimum atomic E-state index is -2.18. The Kier molecular flexibility index (Phi) is 18.4. The lowest BCUT2D eigenvalue weighted by atomic mass is 9.73. The van der Waals surface area contributed by atoms with Gasteiger partial charge in [0.25, 0.3) is 0 Å². The van der Waals surface area contributed by atoms with Gasteiger partial charge < -0.3 is 39.7 Å². The number of carbonyl (C=O) groups excluding carboxylic acids is 3. The second-order valence-corrected chi connectivity index (χ2v) is 18.2. The number of aliphatic hydroxyl groups excluding tert-OH is 4. The highest BCUT2D eigenvalue weighted by Gasteiger charge is 2.57. The summed E-state index contributed by atoms with van der Waals surface area (Å²) >= 11 is 0. The number of aliphatic hydroxyl groups is 5. The Morgan fingerprint density at radius 1 is 0.825 bits per heavy atom. The SMILES string of the molecule is CC[C@@H]1C=CC=CC[C@H](C)[C@@H](O)[C@](C)(O)C(=O)[C@H](C)[C@@H](O)[C@H](C)C(=O)[C@H](C)[C@@H](O)[C@H](C)C=CC(=O)O[C@H]2[C@@H](C)[C@@H](CC1)O[C@@]1(CC[C@@H](C)[C@@H](C[C@H](C)O)O1)[C@@H]2CC. The first-order chi connectivity index (χ1) is 26.6. The summed E-state index contributed by atoms with van der Waals surface area (Å²) in [5.74, 6) is -7.21. The predicted octanol–water partition coefficient (Wildman–Crippen LogP) is 6.27. The molecule has 3 aliphatic heterocycles. The molecule has 2 fully saturated rings. The number of fused-ring (bicyclic) bond motifs is 2. The molecule has 5 N–H and O–H groups in total. The maximum Gasteiger partial charge on any atom is 0.330 e. The van der Waals surface area contributed by atoms with Crippen molar-refractivity contribution in [2.24, 2.45) is 53.3 Å². The molecule has 326 valence electrons. The quantitative estimate of drug-likeness (QED) is 0.202. The zero-order valence-corrected chi connectivity index (χ0v) is 36.5. The zero-order chi connectivity index (χ0) is 43.0. The van der Waals surface area contributed by atoms with Gasteiger partial charge in [-0.25, -0.2) is 4.79 Å². The number of hydrogen-bond acceptors (Lipinski definition) is 11. The van der Waals surface area contributed by atoms with Gasteiger partial charge in [0, 0.05) is 42.1 Å². The van der Waals surface area contributed by atoms with Crippen molar-refractivity contribution in [3.05, 3.63) is 36.5 Å². The number of ether oxygens (including phenoxy) is 3. The lowest BCUT2D eigenvalue weighted by molar-refractivity contribution is -0.374. The molecule has 18 atom stereocenters. The van der Waals surface area contributed by atoms with Crippen LogP contribution in [0.2, 0.25) is 0 Å². The monoisotopic (exact) mass is 805 g/mol. The van der Waals surface area contributed by atoms with Crippen molar-refractivity contribution in [1.82, 2.24) is 0 Å². The van der Waals surface area contributed by atoms with Crippen molar-refractivity contribution in [2.75, 3.05) is 0 Å². The van der Waals surface area contributed by atoms with Crippen LogP contribution in [0.25, 0.3) is 0 Å². The van der Waals surface area contributed by atoms with E-state index in [1.165, 1.54) is 32.9 Å². The van der Waals surface area contributed by atoms with Gasteiger partial charge in [-0.2, -0.15) is 0 Å². The molecular formula is C46H76O11. The third-order valence-electron chi connectivity index (χ3n) is 13.6. The summed E-state index contributed by atoms with van der Waals surface area (Å²) in [6, 6.07) is 0. The molecule has 0 aromatic heterocycles. The van der Waals surface area contributed by atoms with Crippen LogP contribution < -0.4 is 0 Å². The number of rotatable bonds is 4. The van der Waals surface area contributed by atoms with E-state index in [1.807, 2.05) is 25.2 Å². The van der Waals surface area contributed by atoms with E-state index < -0.39 is 89.0 Å². The van der Waals surface area contributed by atoms with E-state index in [2.05, 4.69) is 26.8 Å². The molecule has 0 amide bonds. The Morgan fingerprint density at radius 2 is 1.47 bits per heavy atom. The molecule has 3 heterocycles. The van der Waals surface area contributed by atoms with Gasteiger partial charge in [-0.3, -0.25) is 9.59 Å². The Hall–Kier alpha value is -2.25. The molecule has 3 aliphatic rings. The number of hydrogen-bond donors (Lipinski definition) is 5. The molecule has 11 heteroatoms. The fourth-order valence-electron chi connectivity index (χ4n) is 9.37. The third-order valence-corrected chi connectivity index (χ3v) is 13.6. The van der Waals surface area contributed by atoms with Crippen molar-refractivity contribution >= 4 is 17.5 Å². The first kappa shape index (κ1) is 49.1. The molecule has 0 aromatic carbocycles. The van der Waals surface area contributed by atoms with E-state index in [9.17, 15) is 39.9 Å². The highest BCUT2D eigenvalue weighted by Crippen LogP contribution is 2.50. The fraction of sp³-hybridized carbons (Fsp3) is 0.804. The molecule has 0 unspecified atom stereocenters. The molecule has 0 aromatic rings. The third kappa shape index (κ3) is 12.0. The molecule has 0 radical (unpaired) electrons. The Morgan fingerprint density at radius 3 is 2.09 bits per heavy atom. The number of carbonyl (C=O) groups is 3. The molecule has 3 rings (SSSR count). The predicted molar refractivity (Wildman–Crippen MR) is 220 cm³/mol. The highest BCUT2D eigenvalue weighted by molar-refractivity contribution is 5.91. The standard InChI is InChI=1S/C46H76O11/c1-12-34-18-16-14-15-17-28(5)43(52)45(11,54)44(53)33(10)41(51)32(9)40(50)31(8)39(49)27(4)19-22-38(48)55-42-30(7)36(21-20-34)56-46(35(42)13-2)24-23-26(3)37(57-46)25-29(6)47/h14-16,18-19,22,26-37,39,41-43,47,49,51-52,54H,12-13,17,20-21,23-25H2,1-11H3/t26-,27-,28+,29+,30+,31-,32-,33-,34-,35-,36-,37-,39+,41+,42+,43-,45+,46-/m1/s1. The lowest BCUT2D eigenvalue weighted by Gasteiger charge is -2.56. The Bertz CT molecular complexity index is 1400. The average molecular weight is 805 g/mol. The van der Waals surface area contributed by atoms with E-state index in [-0.39, 0.29) is 35.9 Å². The van der Waals surface area contributed by atoms with Crippen LogP contribution in [0, 0.1) is 53.3 Å². The minimum absolute atomic E-state index is 0.163. The van der Waals surface area contributed by atoms with Crippen LogP contribution in [0.15, 0.2) is 36.5 Å². The van der Waals surface area contributed by atoms with Crippen LogP contribution in [-0.2, 0) is 28.6 Å². The number of allylic oxidation sites excluding steroid dienone is 4. The van der Waals surface area contributed by atoms with Crippen molar-refractivity contribution in [3.8, 4) is 0 Å². The van der Waals surface area contributed by atoms with Crippen LogP contribution in [0.5, 0.6) is 0 Å². The summed E-state index contributed by atoms with van der Waals surface area (Å²) in [4.78, 5) is 40.7. The van der Waals surface area contributed by atoms with Gasteiger partial charge in [0.1, 0.15) is 17.5 Å². The molecule has 1 spiro atoms. The van der Waals surface area contributed by atoms with E-state index in [1.54, 1.807) is 27.7 Å². The lowest BCUT2D eigenvalue weighted by Crippen LogP contribution is -2.63. The van der Waals surface area contributed by atoms with Gasteiger partial charge in [-0.05, 0) is 76.5 Å². The zero-order valence-electron chi connectivity index (χ0n) is 36.5. The van der Waals surface area contributed by atoms with Crippen LogP contribution in [0.4, 0.5) is 0 Å². The maximum atomic E-state index is 13.6. The first-order valence-electron chi connectivity index (χ1n) is 21.7. The van der Waals surface area contributed by atoms with Crippen LogP contribution in [0.3, 0.4) is 0 Å². The van der Waals surface area contributed by atoms with Crippen molar-refractivity contribution in [3.63, 3.8) is 0 Å². The Labute approximate surface area is 342 Å². The van der Waals surface area contributed by atoms with Crippen LogP contribution in [-0.4, -0.2) is 97.2 Å². The van der Waals surface area contributed by atoms with Crippen LogP contribution >= 0.6 is 0 Å². The molecule has 0 saturated carbocycles. The summed E-state index contributed by atoms with van der Waals surface area (Å²) in [7, 11) is 0. The van der Waals surface area contributed by atoms with Crippen molar-refractivity contribution < 1.29 is 54.1 Å². The van der Waals surface area contributed by atoms with Gasteiger partial charge in [-0.15, -0.1) is 0 Å². The van der Waals surface area contributed by atoms with Gasteiger partial charge >= 0.3 is 5.97 Å². The molecule has 57 heavy (non-hydrogen) atoms. The van der Waals surface area contributed by atoms with Gasteiger partial charge in [0.05, 0.1) is 42.5 Å². The summed E-state index contributed by atoms with van der Waals surface area (Å²) in [6.07, 6.45) is 10.3. The van der Waals surface area contributed by atoms with E-state index in [0.29, 0.717) is 32.1 Å². The summed E-state index contributed by atoms with van der Waals surface area (Å²) in [5, 5.41) is 55.2. The van der Waals surface area contributed by atoms with E-state index in [0.717, 1.165) is 19.3 Å². The van der Waals surface area contributed by atoms with Gasteiger partial charge in [-0.1, -0.05) is 92.7 Å². The second kappa shape index (κ2) is 21.3. The second-order valence-electron chi connectivity index (χ2n) is 18.2. The molecular weight excluding hydrogens is 728 g/mol. The van der Waals surface area contributed by atoms with Gasteiger partial charge in [0.15, 0.2) is 11.6 Å². The maximum absolute atomic E-state index is 13.6. The van der Waals surface area contributed by atoms with Crippen LogP contribution in [0.1, 0.15) is 128 Å². The normalized spacial score (nSPS) is 44.5. The average Bonchev–Trinajstić information content (AvgIpc) is 3.17. The molecule has 11 nitrogen and oxygen atoms in total. The number of Topliss-reactive ketones (excluding diaryl/α,β-unsaturated/α-hetero) is 2. The van der Waals surface area contributed by atoms with Crippen molar-refractivity contribution in [2.45, 2.75) is 182 Å². The van der Waals surface area contributed by atoms with Crippen molar-refractivity contribution in [1.29, 1.82) is 0 Å². The topological polar surface area (TPSA) is 180 Å².